The van der Waals surface area contributed by atoms with E-state index in [0.717, 1.165) is 11.1 Å². The molecule has 110 valence electrons. The quantitative estimate of drug-likeness (QED) is 0.719. The summed E-state index contributed by atoms with van der Waals surface area (Å²) in [6.07, 6.45) is 0. The number of nitrogen functional groups attached to an aromatic ring is 1. The van der Waals surface area contributed by atoms with Gasteiger partial charge in [0.15, 0.2) is 0 Å². The Balaban J connectivity index is 2.42. The van der Waals surface area contributed by atoms with E-state index in [1.54, 1.807) is 0 Å². The molecule has 6 heteroatoms. The van der Waals surface area contributed by atoms with Crippen LogP contribution < -0.4 is 22.3 Å². The third-order valence-electron chi connectivity index (χ3n) is 2.99. The van der Waals surface area contributed by atoms with Crippen LogP contribution in [0.4, 0.5) is 11.5 Å². The van der Waals surface area contributed by atoms with Gasteiger partial charge in [-0.25, -0.2) is 4.79 Å². The smallest absolute Gasteiger partial charge is 0.330 e. The van der Waals surface area contributed by atoms with Gasteiger partial charge in [0.05, 0.1) is 6.54 Å². The maximum Gasteiger partial charge on any atom is 0.330 e. The van der Waals surface area contributed by atoms with Gasteiger partial charge in [-0.15, -0.1) is 0 Å². The second-order valence-corrected chi connectivity index (χ2v) is 4.90. The van der Waals surface area contributed by atoms with E-state index in [1.807, 2.05) is 37.3 Å². The molecule has 0 bridgehead atoms. The summed E-state index contributed by atoms with van der Waals surface area (Å²) in [4.78, 5) is 26.0. The van der Waals surface area contributed by atoms with Gasteiger partial charge in [-0.2, -0.15) is 0 Å². The molecular formula is C15H18N4O2. The Morgan fingerprint density at radius 1 is 1.33 bits per heavy atom. The molecule has 2 rings (SSSR count). The Hall–Kier alpha value is -2.76. The molecular weight excluding hydrogens is 268 g/mol. The molecule has 0 amide bonds. The molecule has 0 saturated heterocycles. The minimum Gasteiger partial charge on any atom is -0.383 e. The highest BCUT2D eigenvalue weighted by Gasteiger charge is 2.12. The van der Waals surface area contributed by atoms with Crippen molar-refractivity contribution in [3.05, 3.63) is 68.9 Å². The molecule has 0 unspecified atom stereocenters. The summed E-state index contributed by atoms with van der Waals surface area (Å²) in [7, 11) is 0. The van der Waals surface area contributed by atoms with Crippen molar-refractivity contribution in [2.45, 2.75) is 13.5 Å². The molecule has 0 atom stereocenters. The highest BCUT2D eigenvalue weighted by Crippen LogP contribution is 2.12. The van der Waals surface area contributed by atoms with Crippen molar-refractivity contribution in [2.24, 2.45) is 0 Å². The number of nitrogens with two attached hydrogens (primary N) is 1. The van der Waals surface area contributed by atoms with E-state index in [-0.39, 0.29) is 11.5 Å². The highest BCUT2D eigenvalue weighted by atomic mass is 16.2. The topological polar surface area (TPSA) is 92.9 Å². The third kappa shape index (κ3) is 3.42. The van der Waals surface area contributed by atoms with Crippen LogP contribution in [0.1, 0.15) is 12.5 Å². The van der Waals surface area contributed by atoms with E-state index in [9.17, 15) is 9.59 Å². The highest BCUT2D eigenvalue weighted by molar-refractivity contribution is 5.61. The summed E-state index contributed by atoms with van der Waals surface area (Å²) < 4.78 is 1.33. The number of rotatable bonds is 5. The molecule has 0 aliphatic heterocycles. The zero-order chi connectivity index (χ0) is 15.4. The number of aromatic amines is 1. The fourth-order valence-electron chi connectivity index (χ4n) is 1.92. The monoisotopic (exact) mass is 286 g/mol. The summed E-state index contributed by atoms with van der Waals surface area (Å²) in [6.45, 7) is 6.29. The molecule has 0 fully saturated rings. The molecule has 2 aromatic rings. The standard InChI is InChI=1S/C15H18N4O2/c1-10(2)8-17-12-13(16)19(15(21)18-14(12)20)9-11-6-4-3-5-7-11/h3-7,17H,1,8-9,16H2,2H3,(H,18,20,21). The second-order valence-electron chi connectivity index (χ2n) is 4.90. The van der Waals surface area contributed by atoms with Crippen molar-refractivity contribution in [1.82, 2.24) is 9.55 Å². The Kier molecular flexibility index (Phi) is 4.27. The largest absolute Gasteiger partial charge is 0.383 e. The lowest BCUT2D eigenvalue weighted by atomic mass is 10.2. The van der Waals surface area contributed by atoms with Crippen LogP contribution in [0.5, 0.6) is 0 Å². The predicted molar refractivity (Wildman–Crippen MR) is 84.6 cm³/mol. The summed E-state index contributed by atoms with van der Waals surface area (Å²) >= 11 is 0. The van der Waals surface area contributed by atoms with E-state index in [0.29, 0.717) is 13.1 Å². The van der Waals surface area contributed by atoms with E-state index in [4.69, 9.17) is 5.73 Å². The van der Waals surface area contributed by atoms with Crippen molar-refractivity contribution in [3.8, 4) is 0 Å². The van der Waals surface area contributed by atoms with Gasteiger partial charge in [-0.1, -0.05) is 42.5 Å². The zero-order valence-electron chi connectivity index (χ0n) is 11.8. The molecule has 4 N–H and O–H groups in total. The van der Waals surface area contributed by atoms with Gasteiger partial charge in [0.25, 0.3) is 5.56 Å². The summed E-state index contributed by atoms with van der Waals surface area (Å²) in [5.41, 5.74) is 6.88. The second kappa shape index (κ2) is 6.13. The van der Waals surface area contributed by atoms with Crippen LogP contribution in [-0.4, -0.2) is 16.1 Å². The number of hydrogen-bond donors (Lipinski definition) is 3. The first-order valence-corrected chi connectivity index (χ1v) is 6.54. The molecule has 0 aliphatic rings. The minimum absolute atomic E-state index is 0.119. The van der Waals surface area contributed by atoms with Crippen LogP contribution in [0, 0.1) is 0 Å². The van der Waals surface area contributed by atoms with Crippen molar-refractivity contribution in [1.29, 1.82) is 0 Å². The van der Waals surface area contributed by atoms with Gasteiger partial charge in [0, 0.05) is 6.54 Å². The Morgan fingerprint density at radius 2 is 2.00 bits per heavy atom. The van der Waals surface area contributed by atoms with Crippen molar-refractivity contribution < 1.29 is 0 Å². The lowest BCUT2D eigenvalue weighted by molar-refractivity contribution is 0.734. The molecule has 0 radical (unpaired) electrons. The fraction of sp³-hybridized carbons (Fsp3) is 0.200. The van der Waals surface area contributed by atoms with E-state index >= 15 is 0 Å². The number of anilines is 2. The van der Waals surface area contributed by atoms with Crippen molar-refractivity contribution >= 4 is 11.5 Å². The number of aromatic nitrogens is 2. The van der Waals surface area contributed by atoms with Gasteiger partial charge in [0.2, 0.25) is 0 Å². The molecule has 0 saturated carbocycles. The SMILES string of the molecule is C=C(C)CNc1c(N)n(Cc2ccccc2)c(=O)[nH]c1=O. The number of H-pyrrole nitrogens is 1. The third-order valence-corrected chi connectivity index (χ3v) is 2.99. The Labute approximate surface area is 121 Å². The maximum atomic E-state index is 11.9. The van der Waals surface area contributed by atoms with Crippen LogP contribution in [0.15, 0.2) is 52.1 Å². The van der Waals surface area contributed by atoms with Gasteiger partial charge in [-0.3, -0.25) is 14.3 Å². The number of benzene rings is 1. The van der Waals surface area contributed by atoms with E-state index < -0.39 is 11.2 Å². The first kappa shape index (κ1) is 14.6. The molecule has 0 spiro atoms. The normalized spacial score (nSPS) is 10.3. The summed E-state index contributed by atoms with van der Waals surface area (Å²) in [6, 6.07) is 9.42. The van der Waals surface area contributed by atoms with Gasteiger partial charge < -0.3 is 11.1 Å². The summed E-state index contributed by atoms with van der Waals surface area (Å²) in [5, 5.41) is 2.91. The lowest BCUT2D eigenvalue weighted by Crippen LogP contribution is -2.34. The number of nitrogens with zero attached hydrogens (tertiary/aromatic N) is 1. The number of hydrogen-bond acceptors (Lipinski definition) is 4. The molecule has 1 heterocycles. The number of nitrogens with one attached hydrogen (secondary N) is 2. The van der Waals surface area contributed by atoms with Crippen LogP contribution in [0.2, 0.25) is 0 Å². The van der Waals surface area contributed by atoms with Crippen molar-refractivity contribution in [3.63, 3.8) is 0 Å². The molecule has 6 nitrogen and oxygen atoms in total. The van der Waals surface area contributed by atoms with Crippen LogP contribution in [-0.2, 0) is 6.54 Å². The Bertz CT molecular complexity index is 759. The van der Waals surface area contributed by atoms with E-state index in [1.165, 1.54) is 4.57 Å². The first-order valence-electron chi connectivity index (χ1n) is 6.54. The van der Waals surface area contributed by atoms with Crippen molar-refractivity contribution in [2.75, 3.05) is 17.6 Å². The molecule has 1 aromatic carbocycles. The molecule has 1 aromatic heterocycles. The summed E-state index contributed by atoms with van der Waals surface area (Å²) in [5.74, 6) is 0.119. The van der Waals surface area contributed by atoms with Crippen LogP contribution in [0.25, 0.3) is 0 Å². The lowest BCUT2D eigenvalue weighted by Gasteiger charge is -2.14. The fourth-order valence-corrected chi connectivity index (χ4v) is 1.92. The average molecular weight is 286 g/mol. The van der Waals surface area contributed by atoms with Crippen LogP contribution in [0.3, 0.4) is 0 Å². The zero-order valence-corrected chi connectivity index (χ0v) is 11.8. The molecule has 0 aliphatic carbocycles. The maximum absolute atomic E-state index is 11.9. The Morgan fingerprint density at radius 3 is 2.62 bits per heavy atom. The average Bonchev–Trinajstić information content (AvgIpc) is 2.44. The van der Waals surface area contributed by atoms with Gasteiger partial charge >= 0.3 is 5.69 Å². The van der Waals surface area contributed by atoms with E-state index in [2.05, 4.69) is 16.9 Å². The molecule has 21 heavy (non-hydrogen) atoms. The minimum atomic E-state index is -0.526. The van der Waals surface area contributed by atoms with Crippen LogP contribution >= 0.6 is 0 Å². The predicted octanol–water partition coefficient (Wildman–Crippen LogP) is 1.16. The van der Waals surface area contributed by atoms with Gasteiger partial charge in [-0.05, 0) is 12.5 Å². The van der Waals surface area contributed by atoms with Gasteiger partial charge in [0.1, 0.15) is 11.5 Å². The first-order chi connectivity index (χ1) is 9.99.